The number of amides is 4. The number of likely N-dealkylation sites (tertiary alicyclic amines) is 1. The molecule has 4 aliphatic rings. The molecule has 1 spiro atoms. The number of hydrogen-bond donors (Lipinski definition) is 1. The number of nitrogens with one attached hydrogen (secondary N) is 1. The number of carbonyl (C=O) groups is 4. The molecule has 0 aromatic heterocycles. The molecule has 2 aromatic carbocycles. The van der Waals surface area contributed by atoms with Gasteiger partial charge in [0.05, 0.1) is 5.56 Å². The number of fused-ring (bicyclic) bond motifs is 1. The van der Waals surface area contributed by atoms with Crippen LogP contribution in [-0.4, -0.2) is 52.6 Å². The normalized spacial score (nSPS) is 23.0. The Kier molecular flexibility index (Phi) is 5.22. The van der Waals surface area contributed by atoms with Crippen LogP contribution in [0.15, 0.2) is 42.5 Å². The van der Waals surface area contributed by atoms with Crippen molar-refractivity contribution in [2.45, 2.75) is 50.4 Å². The Balaban J connectivity index is 1.06. The minimum Gasteiger partial charge on any atom is -0.337 e. The minimum atomic E-state index is -4.34. The van der Waals surface area contributed by atoms with Crippen molar-refractivity contribution < 1.29 is 32.3 Å². The number of rotatable bonds is 3. The zero-order valence-electron chi connectivity index (χ0n) is 19.8. The second kappa shape index (κ2) is 8.16. The number of benzene rings is 2. The Morgan fingerprint density at radius 3 is 2.35 bits per heavy atom. The zero-order valence-corrected chi connectivity index (χ0v) is 19.8. The third-order valence-corrected chi connectivity index (χ3v) is 8.18. The van der Waals surface area contributed by atoms with E-state index >= 15 is 0 Å². The molecule has 1 aliphatic carbocycles. The lowest BCUT2D eigenvalue weighted by molar-refractivity contribution is -0.138. The van der Waals surface area contributed by atoms with Gasteiger partial charge in [0.15, 0.2) is 0 Å². The Labute approximate surface area is 210 Å². The van der Waals surface area contributed by atoms with E-state index in [1.165, 1.54) is 4.90 Å². The van der Waals surface area contributed by atoms with Gasteiger partial charge < -0.3 is 9.80 Å². The zero-order chi connectivity index (χ0) is 26.1. The van der Waals surface area contributed by atoms with Crippen LogP contribution in [0.5, 0.6) is 0 Å². The monoisotopic (exact) mass is 511 g/mol. The summed E-state index contributed by atoms with van der Waals surface area (Å²) in [7, 11) is 0. The maximum absolute atomic E-state index is 13.1. The summed E-state index contributed by atoms with van der Waals surface area (Å²) in [4.78, 5) is 52.9. The van der Waals surface area contributed by atoms with Crippen molar-refractivity contribution in [3.63, 3.8) is 0 Å². The second-order valence-corrected chi connectivity index (χ2v) is 10.7. The lowest BCUT2D eigenvalue weighted by Gasteiger charge is -2.59. The molecule has 4 amide bonds. The first-order valence-corrected chi connectivity index (χ1v) is 12.3. The van der Waals surface area contributed by atoms with E-state index in [0.717, 1.165) is 30.5 Å². The Bertz CT molecular complexity index is 1320. The first-order valence-electron chi connectivity index (χ1n) is 12.3. The smallest absolute Gasteiger partial charge is 0.337 e. The van der Waals surface area contributed by atoms with Crippen molar-refractivity contribution in [1.82, 2.24) is 15.1 Å². The maximum atomic E-state index is 13.1. The average molecular weight is 512 g/mol. The summed E-state index contributed by atoms with van der Waals surface area (Å²) in [5.41, 5.74) is 1.87. The van der Waals surface area contributed by atoms with Crippen LogP contribution >= 0.6 is 0 Å². The number of carbonyl (C=O) groups excluding carboxylic acids is 4. The van der Waals surface area contributed by atoms with Crippen molar-refractivity contribution in [3.8, 4) is 0 Å². The third kappa shape index (κ3) is 3.98. The molecule has 7 nitrogen and oxygen atoms in total. The standard InChI is InChI=1S/C27H24F3N3O4/c28-27(29,30)19-4-1-15(2-5-19)18-10-26(11-18)13-32(14-26)24(36)16-3-6-20-17(9-16)12-33(25(20)37)21-7-8-22(34)31-23(21)35/h1-6,9,18,21H,7-8,10-14H2,(H,31,34,35). The number of piperidine rings is 1. The van der Waals surface area contributed by atoms with E-state index in [1.807, 2.05) is 0 Å². The predicted octanol–water partition coefficient (Wildman–Crippen LogP) is 3.49. The van der Waals surface area contributed by atoms with E-state index in [9.17, 15) is 32.3 Å². The van der Waals surface area contributed by atoms with E-state index < -0.39 is 23.7 Å². The number of nitrogens with zero attached hydrogens (tertiary/aromatic N) is 2. The molecule has 1 saturated carbocycles. The number of halogens is 3. The minimum absolute atomic E-state index is 0.0122. The molecule has 1 unspecified atom stereocenters. The Morgan fingerprint density at radius 2 is 1.70 bits per heavy atom. The van der Waals surface area contributed by atoms with Gasteiger partial charge in [-0.1, -0.05) is 12.1 Å². The molecular formula is C27H24F3N3O4. The number of hydrogen-bond acceptors (Lipinski definition) is 4. The molecule has 2 saturated heterocycles. The fourth-order valence-corrected chi connectivity index (χ4v) is 6.22. The fraction of sp³-hybridized carbons (Fsp3) is 0.407. The van der Waals surface area contributed by atoms with Gasteiger partial charge >= 0.3 is 6.18 Å². The highest BCUT2D eigenvalue weighted by Gasteiger charge is 2.54. The molecule has 1 atom stereocenters. The molecular weight excluding hydrogens is 487 g/mol. The lowest BCUT2D eigenvalue weighted by Crippen LogP contribution is -2.63. The summed E-state index contributed by atoms with van der Waals surface area (Å²) in [5.74, 6) is -1.03. The molecule has 2 aromatic rings. The van der Waals surface area contributed by atoms with Crippen LogP contribution in [0.25, 0.3) is 0 Å². The van der Waals surface area contributed by atoms with Crippen molar-refractivity contribution in [3.05, 3.63) is 70.3 Å². The van der Waals surface area contributed by atoms with Gasteiger partial charge in [0.25, 0.3) is 11.8 Å². The van der Waals surface area contributed by atoms with Crippen molar-refractivity contribution in [2.24, 2.45) is 5.41 Å². The van der Waals surface area contributed by atoms with Gasteiger partial charge in [-0.05, 0) is 66.6 Å². The first-order chi connectivity index (χ1) is 17.5. The molecule has 3 fully saturated rings. The predicted molar refractivity (Wildman–Crippen MR) is 124 cm³/mol. The van der Waals surface area contributed by atoms with Crippen molar-refractivity contribution in [1.29, 1.82) is 0 Å². The molecule has 3 aliphatic heterocycles. The van der Waals surface area contributed by atoms with Gasteiger partial charge in [0, 0.05) is 42.6 Å². The van der Waals surface area contributed by atoms with Crippen LogP contribution in [-0.2, 0) is 22.3 Å². The quantitative estimate of drug-likeness (QED) is 0.640. The van der Waals surface area contributed by atoms with Gasteiger partial charge in [0.1, 0.15) is 6.04 Å². The highest BCUT2D eigenvalue weighted by Crippen LogP contribution is 2.56. The number of alkyl halides is 3. The van der Waals surface area contributed by atoms with Crippen LogP contribution in [0.4, 0.5) is 13.2 Å². The summed E-state index contributed by atoms with van der Waals surface area (Å²) in [6.45, 7) is 1.41. The molecule has 37 heavy (non-hydrogen) atoms. The van der Waals surface area contributed by atoms with E-state index in [2.05, 4.69) is 5.32 Å². The summed E-state index contributed by atoms with van der Waals surface area (Å²) < 4.78 is 38.4. The number of imide groups is 1. The third-order valence-electron chi connectivity index (χ3n) is 8.18. The molecule has 1 N–H and O–H groups in total. The molecule has 3 heterocycles. The van der Waals surface area contributed by atoms with Gasteiger partial charge in [-0.25, -0.2) is 0 Å². The van der Waals surface area contributed by atoms with Crippen LogP contribution in [0.2, 0.25) is 0 Å². The Morgan fingerprint density at radius 1 is 1.00 bits per heavy atom. The van der Waals surface area contributed by atoms with Crippen molar-refractivity contribution in [2.75, 3.05) is 13.1 Å². The molecule has 0 bridgehead atoms. The van der Waals surface area contributed by atoms with Gasteiger partial charge in [0.2, 0.25) is 11.8 Å². The summed E-state index contributed by atoms with van der Waals surface area (Å²) in [6, 6.07) is 9.59. The van der Waals surface area contributed by atoms with Crippen LogP contribution < -0.4 is 5.32 Å². The van der Waals surface area contributed by atoms with E-state index in [4.69, 9.17) is 0 Å². The van der Waals surface area contributed by atoms with Gasteiger partial charge in [-0.3, -0.25) is 24.5 Å². The Hall–Kier alpha value is -3.69. The highest BCUT2D eigenvalue weighted by molar-refractivity contribution is 6.06. The van der Waals surface area contributed by atoms with E-state index in [0.29, 0.717) is 29.8 Å². The maximum Gasteiger partial charge on any atom is 0.416 e. The summed E-state index contributed by atoms with van der Waals surface area (Å²) in [6.07, 6.45) is -2.22. The molecule has 0 radical (unpaired) electrons. The molecule has 6 rings (SSSR count). The van der Waals surface area contributed by atoms with Crippen LogP contribution in [0.1, 0.15) is 69.0 Å². The van der Waals surface area contributed by atoms with Crippen LogP contribution in [0, 0.1) is 5.41 Å². The second-order valence-electron chi connectivity index (χ2n) is 10.7. The highest BCUT2D eigenvalue weighted by atomic mass is 19.4. The van der Waals surface area contributed by atoms with Gasteiger partial charge in [-0.15, -0.1) is 0 Å². The molecule has 192 valence electrons. The fourth-order valence-electron chi connectivity index (χ4n) is 6.22. The topological polar surface area (TPSA) is 86.8 Å². The van der Waals surface area contributed by atoms with Crippen LogP contribution in [0.3, 0.4) is 0 Å². The summed E-state index contributed by atoms with van der Waals surface area (Å²) >= 11 is 0. The molecule has 10 heteroatoms. The van der Waals surface area contributed by atoms with E-state index in [-0.39, 0.29) is 48.4 Å². The largest absolute Gasteiger partial charge is 0.416 e. The van der Waals surface area contributed by atoms with Crippen molar-refractivity contribution >= 4 is 23.6 Å². The first kappa shape index (κ1) is 23.7. The van der Waals surface area contributed by atoms with E-state index in [1.54, 1.807) is 35.2 Å². The average Bonchev–Trinajstić information content (AvgIpc) is 3.12. The lowest BCUT2D eigenvalue weighted by atomic mass is 9.56. The SMILES string of the molecule is O=C1CCC(N2Cc3cc(C(=O)N4CC5(CC(c6ccc(C(F)(F)F)cc6)C5)C4)ccc3C2=O)C(=O)N1. The van der Waals surface area contributed by atoms with Gasteiger partial charge in [-0.2, -0.15) is 13.2 Å². The summed E-state index contributed by atoms with van der Waals surface area (Å²) in [5, 5.41) is 2.28.